The molecule has 1 aromatic carbocycles. The molecule has 19 heavy (non-hydrogen) atoms. The van der Waals surface area contributed by atoms with E-state index >= 15 is 0 Å². The minimum absolute atomic E-state index is 0.00732. The van der Waals surface area contributed by atoms with Gasteiger partial charge in [0, 0.05) is 11.3 Å². The fourth-order valence-electron chi connectivity index (χ4n) is 2.36. The normalized spacial score (nSPS) is 18.6. The van der Waals surface area contributed by atoms with E-state index in [4.69, 9.17) is 0 Å². The number of hydrogen-bond donors (Lipinski definition) is 2. The predicted octanol–water partition coefficient (Wildman–Crippen LogP) is 2.80. The molecule has 3 rings (SSSR count). The number of aromatic nitrogens is 2. The van der Waals surface area contributed by atoms with E-state index in [0.29, 0.717) is 11.6 Å². The lowest BCUT2D eigenvalue weighted by molar-refractivity contribution is -0.113. The second-order valence-corrected chi connectivity index (χ2v) is 5.86. The molecule has 1 amide bonds. The number of carbonyl (C=O) groups is 1. The topological polar surface area (TPSA) is 57.8 Å². The zero-order chi connectivity index (χ0) is 13.4. The van der Waals surface area contributed by atoms with Crippen LogP contribution in [0.1, 0.15) is 27.6 Å². The molecule has 1 atom stereocenters. The average molecular weight is 273 g/mol. The number of nitrogens with zero attached hydrogens (tertiary/aromatic N) is 1. The van der Waals surface area contributed by atoms with Crippen LogP contribution in [0.3, 0.4) is 0 Å². The number of rotatable bonds is 1. The number of hydrogen-bond acceptors (Lipinski definition) is 3. The lowest BCUT2D eigenvalue weighted by Crippen LogP contribution is -2.12. The van der Waals surface area contributed by atoms with Crippen LogP contribution < -0.4 is 5.32 Å². The van der Waals surface area contributed by atoms with Gasteiger partial charge in [0.25, 0.3) is 0 Å². The van der Waals surface area contributed by atoms with Gasteiger partial charge in [-0.05, 0) is 19.4 Å². The van der Waals surface area contributed by atoms with Gasteiger partial charge < -0.3 is 5.32 Å². The Hall–Kier alpha value is -1.75. The van der Waals surface area contributed by atoms with Crippen molar-refractivity contribution in [3.05, 3.63) is 46.6 Å². The monoisotopic (exact) mass is 273 g/mol. The van der Waals surface area contributed by atoms with Crippen molar-refractivity contribution in [2.24, 2.45) is 0 Å². The molecule has 98 valence electrons. The number of nitrogens with one attached hydrogen (secondary N) is 2. The molecule has 2 N–H and O–H groups in total. The van der Waals surface area contributed by atoms with Gasteiger partial charge in [-0.1, -0.05) is 29.8 Å². The highest BCUT2D eigenvalue weighted by Gasteiger charge is 2.27. The van der Waals surface area contributed by atoms with Crippen molar-refractivity contribution in [2.75, 3.05) is 11.1 Å². The number of anilines is 1. The lowest BCUT2D eigenvalue weighted by atomic mass is 10.0. The molecular weight excluding hydrogens is 258 g/mol. The van der Waals surface area contributed by atoms with Crippen LogP contribution in [-0.2, 0) is 4.79 Å². The van der Waals surface area contributed by atoms with E-state index in [1.165, 1.54) is 11.1 Å². The summed E-state index contributed by atoms with van der Waals surface area (Å²) >= 11 is 1.64. The Morgan fingerprint density at radius 3 is 3.00 bits per heavy atom. The summed E-state index contributed by atoms with van der Waals surface area (Å²) in [6.45, 7) is 4.07. The van der Waals surface area contributed by atoms with Gasteiger partial charge in [0.1, 0.15) is 0 Å². The maximum atomic E-state index is 11.7. The number of carbonyl (C=O) groups excluding carboxylic acids is 1. The number of amides is 1. The van der Waals surface area contributed by atoms with Gasteiger partial charge in [0.2, 0.25) is 5.91 Å². The maximum absolute atomic E-state index is 11.7. The van der Waals surface area contributed by atoms with Crippen LogP contribution in [-0.4, -0.2) is 21.9 Å². The molecule has 0 saturated heterocycles. The number of aromatic amines is 1. The van der Waals surface area contributed by atoms with Gasteiger partial charge in [-0.25, -0.2) is 0 Å². The summed E-state index contributed by atoms with van der Waals surface area (Å²) in [7, 11) is 0. The minimum Gasteiger partial charge on any atom is -0.308 e. The summed E-state index contributed by atoms with van der Waals surface area (Å²) < 4.78 is 0. The zero-order valence-electron chi connectivity index (χ0n) is 10.9. The van der Waals surface area contributed by atoms with E-state index in [9.17, 15) is 4.79 Å². The molecule has 0 bridgehead atoms. The minimum atomic E-state index is 0.00732. The maximum Gasteiger partial charge on any atom is 0.235 e. The molecule has 1 aliphatic heterocycles. The third-order valence-electron chi connectivity index (χ3n) is 3.24. The highest BCUT2D eigenvalue weighted by molar-refractivity contribution is 8.00. The van der Waals surface area contributed by atoms with E-state index < -0.39 is 0 Å². The summed E-state index contributed by atoms with van der Waals surface area (Å²) in [4.78, 5) is 11.7. The molecule has 2 heterocycles. The Bertz CT molecular complexity index is 635. The fraction of sp³-hybridized carbons (Fsp3) is 0.286. The molecule has 0 fully saturated rings. The number of fused-ring (bicyclic) bond motifs is 1. The smallest absolute Gasteiger partial charge is 0.235 e. The van der Waals surface area contributed by atoms with Gasteiger partial charge in [0.05, 0.1) is 11.0 Å². The molecular formula is C14H15N3OS. The van der Waals surface area contributed by atoms with Crippen molar-refractivity contribution in [3.8, 4) is 0 Å². The van der Waals surface area contributed by atoms with Crippen molar-refractivity contribution in [2.45, 2.75) is 19.1 Å². The van der Waals surface area contributed by atoms with E-state index in [1.807, 2.05) is 6.92 Å². The quantitative estimate of drug-likeness (QED) is 0.840. The Morgan fingerprint density at radius 2 is 2.21 bits per heavy atom. The average Bonchev–Trinajstić information content (AvgIpc) is 2.64. The molecule has 0 aliphatic carbocycles. The standard InChI is InChI=1S/C14H15N3OS/c1-8-4-3-5-10(6-8)13-12-9(2)16-17-14(12)15-11(18)7-19-13/h3-6,13H,7H2,1-2H3,(H2,15,16,17,18). The Balaban J connectivity index is 2.11. The van der Waals surface area contributed by atoms with Gasteiger partial charge in [-0.2, -0.15) is 5.10 Å². The van der Waals surface area contributed by atoms with Crippen LogP contribution in [0.25, 0.3) is 0 Å². The first-order valence-corrected chi connectivity index (χ1v) is 7.23. The van der Waals surface area contributed by atoms with Gasteiger partial charge in [-0.15, -0.1) is 11.8 Å². The van der Waals surface area contributed by atoms with Crippen molar-refractivity contribution in [1.82, 2.24) is 10.2 Å². The summed E-state index contributed by atoms with van der Waals surface area (Å²) in [6, 6.07) is 8.41. The van der Waals surface area contributed by atoms with Gasteiger partial charge in [0.15, 0.2) is 5.82 Å². The third kappa shape index (κ3) is 2.26. The molecule has 2 aromatic rings. The zero-order valence-corrected chi connectivity index (χ0v) is 11.7. The predicted molar refractivity (Wildman–Crippen MR) is 77.4 cm³/mol. The first-order valence-electron chi connectivity index (χ1n) is 6.18. The summed E-state index contributed by atoms with van der Waals surface area (Å²) in [6.07, 6.45) is 0. The largest absolute Gasteiger partial charge is 0.308 e. The van der Waals surface area contributed by atoms with Gasteiger partial charge >= 0.3 is 0 Å². The molecule has 4 nitrogen and oxygen atoms in total. The first kappa shape index (κ1) is 12.3. The van der Waals surface area contributed by atoms with Crippen LogP contribution in [0.5, 0.6) is 0 Å². The highest BCUT2D eigenvalue weighted by Crippen LogP contribution is 2.42. The van der Waals surface area contributed by atoms with Crippen LogP contribution in [0, 0.1) is 13.8 Å². The SMILES string of the molecule is Cc1cccc(C2SCC(=O)Nc3n[nH]c(C)c32)c1. The van der Waals surface area contributed by atoms with Gasteiger partial charge in [-0.3, -0.25) is 9.89 Å². The number of aryl methyl sites for hydroxylation is 2. The summed E-state index contributed by atoms with van der Waals surface area (Å²) in [5.74, 6) is 1.13. The molecule has 1 aromatic heterocycles. The summed E-state index contributed by atoms with van der Waals surface area (Å²) in [5, 5.41) is 10.2. The molecule has 5 heteroatoms. The van der Waals surface area contributed by atoms with Crippen LogP contribution >= 0.6 is 11.8 Å². The highest BCUT2D eigenvalue weighted by atomic mass is 32.2. The summed E-state index contributed by atoms with van der Waals surface area (Å²) in [5.41, 5.74) is 4.54. The van der Waals surface area contributed by atoms with Crippen molar-refractivity contribution in [3.63, 3.8) is 0 Å². The number of H-pyrrole nitrogens is 1. The van der Waals surface area contributed by atoms with Crippen molar-refractivity contribution >= 4 is 23.5 Å². The molecule has 1 aliphatic rings. The molecule has 0 radical (unpaired) electrons. The third-order valence-corrected chi connectivity index (χ3v) is 4.51. The number of benzene rings is 1. The fourth-order valence-corrected chi connectivity index (χ4v) is 3.54. The molecule has 0 spiro atoms. The second-order valence-electron chi connectivity index (χ2n) is 4.76. The van der Waals surface area contributed by atoms with E-state index in [0.717, 1.165) is 11.3 Å². The molecule has 0 saturated carbocycles. The first-order chi connectivity index (χ1) is 9.15. The van der Waals surface area contributed by atoms with E-state index in [1.54, 1.807) is 11.8 Å². The Kier molecular flexibility index (Phi) is 3.06. The van der Waals surface area contributed by atoms with Crippen LogP contribution in [0.2, 0.25) is 0 Å². The van der Waals surface area contributed by atoms with Crippen molar-refractivity contribution < 1.29 is 4.79 Å². The van der Waals surface area contributed by atoms with E-state index in [-0.39, 0.29) is 11.2 Å². The van der Waals surface area contributed by atoms with E-state index in [2.05, 4.69) is 46.7 Å². The van der Waals surface area contributed by atoms with Crippen molar-refractivity contribution in [1.29, 1.82) is 0 Å². The van der Waals surface area contributed by atoms with Crippen LogP contribution in [0.15, 0.2) is 24.3 Å². The number of thioether (sulfide) groups is 1. The Morgan fingerprint density at radius 1 is 1.37 bits per heavy atom. The lowest BCUT2D eigenvalue weighted by Gasteiger charge is -2.15. The molecule has 1 unspecified atom stereocenters. The second kappa shape index (κ2) is 4.74. The Labute approximate surface area is 116 Å². The van der Waals surface area contributed by atoms with Crippen LogP contribution in [0.4, 0.5) is 5.82 Å².